The van der Waals surface area contributed by atoms with Crippen molar-refractivity contribution in [2.45, 2.75) is 65.7 Å². The molecule has 0 aliphatic carbocycles. The summed E-state index contributed by atoms with van der Waals surface area (Å²) < 4.78 is 0. The zero-order chi connectivity index (χ0) is 15.7. The van der Waals surface area contributed by atoms with Crippen molar-refractivity contribution >= 4 is 0 Å². The molecule has 120 valence electrons. The summed E-state index contributed by atoms with van der Waals surface area (Å²) in [6, 6.07) is 11.1. The van der Waals surface area contributed by atoms with Crippen LogP contribution in [0.15, 0.2) is 30.3 Å². The second kappa shape index (κ2) is 9.25. The molecular formula is C20H35N. The van der Waals surface area contributed by atoms with Crippen LogP contribution in [0.25, 0.3) is 0 Å². The van der Waals surface area contributed by atoms with Crippen molar-refractivity contribution in [3.8, 4) is 0 Å². The molecule has 0 amide bonds. The van der Waals surface area contributed by atoms with Crippen LogP contribution in [0.5, 0.6) is 0 Å². The van der Waals surface area contributed by atoms with Gasteiger partial charge in [-0.25, -0.2) is 0 Å². The third-order valence-electron chi connectivity index (χ3n) is 4.60. The molecule has 2 unspecified atom stereocenters. The molecule has 1 aromatic carbocycles. The van der Waals surface area contributed by atoms with Gasteiger partial charge in [-0.1, -0.05) is 77.8 Å². The molecule has 0 aliphatic rings. The lowest BCUT2D eigenvalue weighted by molar-refractivity contribution is 0.287. The summed E-state index contributed by atoms with van der Waals surface area (Å²) >= 11 is 0. The summed E-state index contributed by atoms with van der Waals surface area (Å²) in [6.45, 7) is 13.8. The molecule has 0 radical (unpaired) electrons. The number of hydrogen-bond donors (Lipinski definition) is 1. The van der Waals surface area contributed by atoms with Gasteiger partial charge in [0.2, 0.25) is 0 Å². The van der Waals surface area contributed by atoms with E-state index in [-0.39, 0.29) is 5.41 Å². The van der Waals surface area contributed by atoms with Gasteiger partial charge in [0, 0.05) is 12.0 Å². The molecule has 0 spiro atoms. The largest absolute Gasteiger partial charge is 0.316 e. The van der Waals surface area contributed by atoms with Gasteiger partial charge in [-0.15, -0.1) is 0 Å². The topological polar surface area (TPSA) is 12.0 Å². The minimum absolute atomic E-state index is 0.282. The zero-order valence-corrected chi connectivity index (χ0v) is 14.8. The van der Waals surface area contributed by atoms with E-state index >= 15 is 0 Å². The van der Waals surface area contributed by atoms with Crippen molar-refractivity contribution in [1.82, 2.24) is 5.32 Å². The van der Waals surface area contributed by atoms with E-state index in [0.717, 1.165) is 19.0 Å². The predicted molar refractivity (Wildman–Crippen MR) is 94.8 cm³/mol. The first-order valence-electron chi connectivity index (χ1n) is 8.80. The van der Waals surface area contributed by atoms with Gasteiger partial charge in [0.05, 0.1) is 0 Å². The van der Waals surface area contributed by atoms with Crippen LogP contribution >= 0.6 is 0 Å². The molecule has 1 heteroatoms. The maximum Gasteiger partial charge on any atom is 0.00777 e. The van der Waals surface area contributed by atoms with Crippen LogP contribution in [0.4, 0.5) is 0 Å². The van der Waals surface area contributed by atoms with Crippen molar-refractivity contribution < 1.29 is 0 Å². The SMILES string of the molecule is CCCC(C)CC(CC)(CNCC(C)C)c1ccccc1. The van der Waals surface area contributed by atoms with Crippen LogP contribution in [-0.2, 0) is 5.41 Å². The normalized spacial score (nSPS) is 15.9. The summed E-state index contributed by atoms with van der Waals surface area (Å²) in [5.74, 6) is 1.50. The van der Waals surface area contributed by atoms with Crippen molar-refractivity contribution in [3.63, 3.8) is 0 Å². The van der Waals surface area contributed by atoms with Gasteiger partial charge in [-0.05, 0) is 36.8 Å². The van der Waals surface area contributed by atoms with Crippen molar-refractivity contribution in [2.75, 3.05) is 13.1 Å². The molecule has 0 saturated carbocycles. The lowest BCUT2D eigenvalue weighted by Crippen LogP contribution is -2.40. The Labute approximate surface area is 132 Å². The number of nitrogens with one attached hydrogen (secondary N) is 1. The number of hydrogen-bond acceptors (Lipinski definition) is 1. The molecule has 21 heavy (non-hydrogen) atoms. The van der Waals surface area contributed by atoms with Crippen LogP contribution in [0.1, 0.15) is 65.9 Å². The van der Waals surface area contributed by atoms with Gasteiger partial charge in [0.15, 0.2) is 0 Å². The Balaban J connectivity index is 2.89. The summed E-state index contributed by atoms with van der Waals surface area (Å²) in [6.07, 6.45) is 5.11. The van der Waals surface area contributed by atoms with E-state index < -0.39 is 0 Å². The third kappa shape index (κ3) is 5.82. The van der Waals surface area contributed by atoms with E-state index in [2.05, 4.69) is 70.3 Å². The smallest absolute Gasteiger partial charge is 0.00777 e. The molecule has 0 fully saturated rings. The molecule has 0 saturated heterocycles. The lowest BCUT2D eigenvalue weighted by atomic mass is 9.71. The van der Waals surface area contributed by atoms with Crippen LogP contribution in [0.3, 0.4) is 0 Å². The molecule has 0 aromatic heterocycles. The molecular weight excluding hydrogens is 254 g/mol. The molecule has 1 N–H and O–H groups in total. The maximum atomic E-state index is 3.72. The molecule has 2 atom stereocenters. The first-order chi connectivity index (χ1) is 10.0. The molecule has 0 heterocycles. The third-order valence-corrected chi connectivity index (χ3v) is 4.60. The van der Waals surface area contributed by atoms with E-state index in [9.17, 15) is 0 Å². The predicted octanol–water partition coefficient (Wildman–Crippen LogP) is 5.41. The monoisotopic (exact) mass is 289 g/mol. The summed E-state index contributed by atoms with van der Waals surface area (Å²) in [5, 5.41) is 3.72. The van der Waals surface area contributed by atoms with Crippen LogP contribution in [0.2, 0.25) is 0 Å². The Morgan fingerprint density at radius 3 is 2.24 bits per heavy atom. The van der Waals surface area contributed by atoms with E-state index in [4.69, 9.17) is 0 Å². The van der Waals surface area contributed by atoms with Gasteiger partial charge in [-0.2, -0.15) is 0 Å². The molecule has 1 rings (SSSR count). The van der Waals surface area contributed by atoms with Crippen LogP contribution in [-0.4, -0.2) is 13.1 Å². The highest BCUT2D eigenvalue weighted by Crippen LogP contribution is 2.35. The minimum atomic E-state index is 0.282. The van der Waals surface area contributed by atoms with E-state index in [0.29, 0.717) is 5.92 Å². The Hall–Kier alpha value is -0.820. The molecule has 1 nitrogen and oxygen atoms in total. The highest BCUT2D eigenvalue weighted by Gasteiger charge is 2.31. The quantitative estimate of drug-likeness (QED) is 0.607. The van der Waals surface area contributed by atoms with Crippen molar-refractivity contribution in [2.24, 2.45) is 11.8 Å². The fourth-order valence-corrected chi connectivity index (χ4v) is 3.42. The fourth-order valence-electron chi connectivity index (χ4n) is 3.42. The highest BCUT2D eigenvalue weighted by molar-refractivity contribution is 5.26. The van der Waals surface area contributed by atoms with E-state index in [1.165, 1.54) is 31.2 Å². The average Bonchev–Trinajstić information content (AvgIpc) is 2.47. The Morgan fingerprint density at radius 1 is 1.05 bits per heavy atom. The number of benzene rings is 1. The van der Waals surface area contributed by atoms with Gasteiger partial charge >= 0.3 is 0 Å². The maximum absolute atomic E-state index is 3.72. The van der Waals surface area contributed by atoms with E-state index in [1.54, 1.807) is 0 Å². The molecule has 0 bridgehead atoms. The second-order valence-corrected chi connectivity index (χ2v) is 7.12. The average molecular weight is 290 g/mol. The Bertz CT molecular complexity index is 371. The highest BCUT2D eigenvalue weighted by atomic mass is 14.9. The van der Waals surface area contributed by atoms with Gasteiger partial charge in [0.1, 0.15) is 0 Å². The Kier molecular flexibility index (Phi) is 8.03. The minimum Gasteiger partial charge on any atom is -0.316 e. The fraction of sp³-hybridized carbons (Fsp3) is 0.700. The molecule has 0 aliphatic heterocycles. The second-order valence-electron chi connectivity index (χ2n) is 7.12. The van der Waals surface area contributed by atoms with Gasteiger partial charge in [-0.3, -0.25) is 0 Å². The van der Waals surface area contributed by atoms with Crippen molar-refractivity contribution in [1.29, 1.82) is 0 Å². The standard InChI is InChI=1S/C20H35N/c1-6-11-18(5)14-20(7-2,16-21-15-17(3)4)19-12-9-8-10-13-19/h8-10,12-13,17-18,21H,6-7,11,14-16H2,1-5H3. The summed E-state index contributed by atoms with van der Waals surface area (Å²) in [5.41, 5.74) is 1.79. The zero-order valence-electron chi connectivity index (χ0n) is 14.8. The first kappa shape index (κ1) is 18.2. The van der Waals surface area contributed by atoms with E-state index in [1.807, 2.05) is 0 Å². The Morgan fingerprint density at radius 2 is 1.71 bits per heavy atom. The van der Waals surface area contributed by atoms with Crippen molar-refractivity contribution in [3.05, 3.63) is 35.9 Å². The van der Waals surface area contributed by atoms with Gasteiger partial charge < -0.3 is 5.32 Å². The van der Waals surface area contributed by atoms with Crippen LogP contribution < -0.4 is 5.32 Å². The lowest BCUT2D eigenvalue weighted by Gasteiger charge is -2.36. The summed E-state index contributed by atoms with van der Waals surface area (Å²) in [4.78, 5) is 0. The molecule has 1 aromatic rings. The van der Waals surface area contributed by atoms with Gasteiger partial charge in [0.25, 0.3) is 0 Å². The number of rotatable bonds is 10. The first-order valence-corrected chi connectivity index (χ1v) is 8.80. The summed E-state index contributed by atoms with van der Waals surface area (Å²) in [7, 11) is 0. The van der Waals surface area contributed by atoms with Crippen LogP contribution in [0, 0.1) is 11.8 Å².